The van der Waals surface area contributed by atoms with Crippen LogP contribution in [0.1, 0.15) is 5.69 Å². The van der Waals surface area contributed by atoms with Crippen molar-refractivity contribution in [3.05, 3.63) is 60.9 Å². The van der Waals surface area contributed by atoms with Gasteiger partial charge in [-0.25, -0.2) is 9.97 Å². The second kappa shape index (κ2) is 5.78. The van der Waals surface area contributed by atoms with Gasteiger partial charge in [0, 0.05) is 37.4 Å². The molecule has 7 nitrogen and oxygen atoms in total. The van der Waals surface area contributed by atoms with E-state index in [2.05, 4.69) is 19.6 Å². The fourth-order valence-corrected chi connectivity index (χ4v) is 2.64. The molecule has 24 heavy (non-hydrogen) atoms. The van der Waals surface area contributed by atoms with Gasteiger partial charge in [-0.3, -0.25) is 4.68 Å². The van der Waals surface area contributed by atoms with Gasteiger partial charge in [0.05, 0.1) is 23.1 Å². The lowest BCUT2D eigenvalue weighted by Crippen LogP contribution is -2.00. The molecule has 7 heteroatoms. The molecule has 4 aromatic rings. The average molecular weight is 320 g/mol. The number of benzene rings is 1. The predicted molar refractivity (Wildman–Crippen MR) is 90.0 cm³/mol. The van der Waals surface area contributed by atoms with E-state index >= 15 is 0 Å². The van der Waals surface area contributed by atoms with Gasteiger partial charge in [0.2, 0.25) is 5.88 Å². The Kier molecular flexibility index (Phi) is 3.47. The van der Waals surface area contributed by atoms with Gasteiger partial charge >= 0.3 is 0 Å². The molecule has 0 atom stereocenters. The van der Waals surface area contributed by atoms with E-state index in [-0.39, 0.29) is 0 Å². The minimum Gasteiger partial charge on any atom is -0.438 e. The van der Waals surface area contributed by atoms with E-state index in [1.807, 2.05) is 49.9 Å². The van der Waals surface area contributed by atoms with E-state index in [1.54, 1.807) is 10.7 Å². The van der Waals surface area contributed by atoms with Crippen LogP contribution in [0.15, 0.2) is 55.2 Å². The van der Waals surface area contributed by atoms with Crippen molar-refractivity contribution in [1.29, 1.82) is 0 Å². The van der Waals surface area contributed by atoms with Gasteiger partial charge in [-0.15, -0.1) is 0 Å². The highest BCUT2D eigenvalue weighted by Crippen LogP contribution is 2.31. The molecule has 120 valence electrons. The number of nitrogens with zero attached hydrogens (tertiary/aromatic N) is 5. The van der Waals surface area contributed by atoms with Crippen molar-refractivity contribution in [1.82, 2.24) is 24.3 Å². The first-order valence-corrected chi connectivity index (χ1v) is 7.52. The molecule has 4 rings (SSSR count). The number of ether oxygens (including phenoxy) is 1. The molecule has 2 N–H and O–H groups in total. The molecule has 0 saturated heterocycles. The van der Waals surface area contributed by atoms with Crippen LogP contribution in [0.2, 0.25) is 0 Å². The number of hydrogen-bond acceptors (Lipinski definition) is 5. The minimum atomic E-state index is 0.348. The normalized spacial score (nSPS) is 11.1. The van der Waals surface area contributed by atoms with Crippen LogP contribution in [0.3, 0.4) is 0 Å². The van der Waals surface area contributed by atoms with Crippen LogP contribution in [0.5, 0.6) is 11.6 Å². The predicted octanol–water partition coefficient (Wildman–Crippen LogP) is 2.41. The van der Waals surface area contributed by atoms with E-state index in [1.165, 1.54) is 6.33 Å². The Morgan fingerprint density at radius 1 is 1.21 bits per heavy atom. The van der Waals surface area contributed by atoms with Crippen LogP contribution < -0.4 is 10.5 Å². The van der Waals surface area contributed by atoms with Gasteiger partial charge < -0.3 is 15.0 Å². The Hall–Kier alpha value is -3.19. The third kappa shape index (κ3) is 2.50. The molecule has 0 amide bonds. The Balaban J connectivity index is 1.75. The Bertz CT molecular complexity index is 1000. The number of nitrogens with two attached hydrogens (primary N) is 1. The van der Waals surface area contributed by atoms with Gasteiger partial charge in [0.15, 0.2) is 0 Å². The zero-order chi connectivity index (χ0) is 16.5. The van der Waals surface area contributed by atoms with Crippen LogP contribution in [0, 0.1) is 0 Å². The molecule has 1 aromatic carbocycles. The fourth-order valence-electron chi connectivity index (χ4n) is 2.64. The summed E-state index contributed by atoms with van der Waals surface area (Å²) in [7, 11) is 1.90. The third-order valence-electron chi connectivity index (χ3n) is 3.78. The Labute approximate surface area is 138 Å². The second-order valence-corrected chi connectivity index (χ2v) is 5.40. The van der Waals surface area contributed by atoms with Crippen LogP contribution in [-0.2, 0) is 13.6 Å². The lowest BCUT2D eigenvalue weighted by atomic mass is 10.2. The quantitative estimate of drug-likeness (QED) is 0.624. The summed E-state index contributed by atoms with van der Waals surface area (Å²) in [6, 6.07) is 9.68. The van der Waals surface area contributed by atoms with E-state index < -0.39 is 0 Å². The maximum atomic E-state index is 5.95. The van der Waals surface area contributed by atoms with Crippen LogP contribution in [-0.4, -0.2) is 24.3 Å². The minimum absolute atomic E-state index is 0.348. The zero-order valence-electron chi connectivity index (χ0n) is 13.1. The standard InChI is InChI=1S/C17H16N6O/c1-22-10-13(9-21-22)23-6-5-14-15(23)3-2-4-16(14)24-17-7-12(8-18)19-11-20-17/h2-7,9-11H,8,18H2,1H3. The molecule has 0 aliphatic rings. The van der Waals surface area contributed by atoms with Gasteiger partial charge in [-0.1, -0.05) is 6.07 Å². The fraction of sp³-hybridized carbons (Fsp3) is 0.118. The first-order chi connectivity index (χ1) is 11.7. The summed E-state index contributed by atoms with van der Waals surface area (Å²) in [5.74, 6) is 1.21. The second-order valence-electron chi connectivity index (χ2n) is 5.40. The van der Waals surface area contributed by atoms with Crippen molar-refractivity contribution >= 4 is 10.9 Å². The molecule has 0 aliphatic carbocycles. The molecule has 0 aliphatic heterocycles. The van der Waals surface area contributed by atoms with Gasteiger partial charge in [-0.2, -0.15) is 5.10 Å². The number of fused-ring (bicyclic) bond motifs is 1. The lowest BCUT2D eigenvalue weighted by Gasteiger charge is -2.08. The summed E-state index contributed by atoms with van der Waals surface area (Å²) in [6.07, 6.45) is 7.24. The van der Waals surface area contributed by atoms with Crippen molar-refractivity contribution in [2.24, 2.45) is 12.8 Å². The highest BCUT2D eigenvalue weighted by atomic mass is 16.5. The SMILES string of the molecule is Cn1cc(-n2ccc3c(Oc4cc(CN)ncn4)cccc32)cn1. The topological polar surface area (TPSA) is 83.8 Å². The highest BCUT2D eigenvalue weighted by molar-refractivity contribution is 5.88. The van der Waals surface area contributed by atoms with E-state index in [0.29, 0.717) is 12.4 Å². The molecule has 3 heterocycles. The summed E-state index contributed by atoms with van der Waals surface area (Å²) in [5.41, 5.74) is 8.38. The molecule has 0 spiro atoms. The lowest BCUT2D eigenvalue weighted by molar-refractivity contribution is 0.465. The summed E-state index contributed by atoms with van der Waals surface area (Å²) in [6.45, 7) is 0.348. The maximum Gasteiger partial charge on any atom is 0.222 e. The largest absolute Gasteiger partial charge is 0.438 e. The van der Waals surface area contributed by atoms with E-state index in [9.17, 15) is 0 Å². The molecular weight excluding hydrogens is 304 g/mol. The van der Waals surface area contributed by atoms with Crippen molar-refractivity contribution in [3.8, 4) is 17.3 Å². The van der Waals surface area contributed by atoms with E-state index in [0.717, 1.165) is 28.0 Å². The molecule has 0 bridgehead atoms. The third-order valence-corrected chi connectivity index (χ3v) is 3.78. The summed E-state index contributed by atoms with van der Waals surface area (Å²) in [5, 5.41) is 5.22. The van der Waals surface area contributed by atoms with Gasteiger partial charge in [0.25, 0.3) is 0 Å². The maximum absolute atomic E-state index is 5.95. The first kappa shape index (κ1) is 14.4. The van der Waals surface area contributed by atoms with Crippen LogP contribution in [0.4, 0.5) is 0 Å². The number of aryl methyl sites for hydroxylation is 1. The van der Waals surface area contributed by atoms with Gasteiger partial charge in [-0.05, 0) is 18.2 Å². The van der Waals surface area contributed by atoms with Crippen molar-refractivity contribution in [2.75, 3.05) is 0 Å². The smallest absolute Gasteiger partial charge is 0.222 e. The highest BCUT2D eigenvalue weighted by Gasteiger charge is 2.10. The number of aromatic nitrogens is 5. The molecule has 3 aromatic heterocycles. The number of rotatable bonds is 4. The molecule has 0 radical (unpaired) electrons. The van der Waals surface area contributed by atoms with Crippen LogP contribution in [0.25, 0.3) is 16.6 Å². The summed E-state index contributed by atoms with van der Waals surface area (Å²) < 4.78 is 9.79. The molecular formula is C17H16N6O. The Morgan fingerprint density at radius 2 is 2.12 bits per heavy atom. The van der Waals surface area contributed by atoms with Gasteiger partial charge in [0.1, 0.15) is 12.1 Å². The van der Waals surface area contributed by atoms with Crippen molar-refractivity contribution in [3.63, 3.8) is 0 Å². The van der Waals surface area contributed by atoms with Crippen LogP contribution >= 0.6 is 0 Å². The summed E-state index contributed by atoms with van der Waals surface area (Å²) in [4.78, 5) is 8.23. The number of hydrogen-bond donors (Lipinski definition) is 1. The summed E-state index contributed by atoms with van der Waals surface area (Å²) >= 11 is 0. The average Bonchev–Trinajstić information content (AvgIpc) is 3.21. The zero-order valence-corrected chi connectivity index (χ0v) is 13.1. The Morgan fingerprint density at radius 3 is 2.92 bits per heavy atom. The molecule has 0 fully saturated rings. The molecule has 0 saturated carbocycles. The molecule has 0 unspecified atom stereocenters. The van der Waals surface area contributed by atoms with E-state index in [4.69, 9.17) is 10.5 Å². The van der Waals surface area contributed by atoms with Crippen molar-refractivity contribution < 1.29 is 4.74 Å². The first-order valence-electron chi connectivity index (χ1n) is 7.52. The van der Waals surface area contributed by atoms with Crippen molar-refractivity contribution in [2.45, 2.75) is 6.54 Å². The monoisotopic (exact) mass is 320 g/mol.